The molecule has 1 aromatic carbocycles. The van der Waals surface area contributed by atoms with Crippen LogP contribution in [0.2, 0.25) is 0 Å². The Morgan fingerprint density at radius 2 is 1.91 bits per heavy atom. The van der Waals surface area contributed by atoms with Crippen molar-refractivity contribution in [3.63, 3.8) is 0 Å². The number of benzene rings is 1. The SMILES string of the molecule is COc1cc(C)c(S(=O)(=O)Nc2nnc(SC(C)C)s2)cc1C. The van der Waals surface area contributed by atoms with Crippen LogP contribution in [-0.4, -0.2) is 31.0 Å². The molecule has 2 rings (SSSR count). The highest BCUT2D eigenvalue weighted by atomic mass is 32.2. The topological polar surface area (TPSA) is 81.2 Å². The number of nitrogens with zero attached hydrogens (tertiary/aromatic N) is 2. The van der Waals surface area contributed by atoms with Crippen LogP contribution < -0.4 is 9.46 Å². The molecule has 0 saturated carbocycles. The minimum Gasteiger partial charge on any atom is -0.496 e. The molecule has 6 nitrogen and oxygen atoms in total. The summed E-state index contributed by atoms with van der Waals surface area (Å²) in [5, 5.41) is 8.51. The molecule has 23 heavy (non-hydrogen) atoms. The lowest BCUT2D eigenvalue weighted by Gasteiger charge is -2.12. The van der Waals surface area contributed by atoms with Crippen molar-refractivity contribution in [2.75, 3.05) is 11.8 Å². The molecule has 2 aromatic rings. The Balaban J connectivity index is 2.29. The highest BCUT2D eigenvalue weighted by Gasteiger charge is 2.21. The van der Waals surface area contributed by atoms with E-state index in [1.165, 1.54) is 11.3 Å². The number of ether oxygens (including phenoxy) is 1. The Kier molecular flexibility index (Phi) is 5.53. The molecular formula is C14H19N3O3S3. The number of aryl methyl sites for hydroxylation is 2. The lowest BCUT2D eigenvalue weighted by atomic mass is 10.1. The van der Waals surface area contributed by atoms with Gasteiger partial charge in [-0.3, -0.25) is 4.72 Å². The smallest absolute Gasteiger partial charge is 0.263 e. The molecule has 9 heteroatoms. The van der Waals surface area contributed by atoms with Gasteiger partial charge in [-0.25, -0.2) is 8.42 Å². The van der Waals surface area contributed by atoms with E-state index in [0.29, 0.717) is 16.6 Å². The van der Waals surface area contributed by atoms with Crippen molar-refractivity contribution in [3.8, 4) is 5.75 Å². The number of anilines is 1. The van der Waals surface area contributed by atoms with Crippen molar-refractivity contribution in [1.82, 2.24) is 10.2 Å². The van der Waals surface area contributed by atoms with E-state index >= 15 is 0 Å². The minimum absolute atomic E-state index is 0.212. The fourth-order valence-corrected chi connectivity index (χ4v) is 5.46. The van der Waals surface area contributed by atoms with Crippen LogP contribution in [0.15, 0.2) is 21.4 Å². The van der Waals surface area contributed by atoms with Crippen LogP contribution in [-0.2, 0) is 10.0 Å². The van der Waals surface area contributed by atoms with E-state index in [4.69, 9.17) is 4.74 Å². The van der Waals surface area contributed by atoms with E-state index in [1.54, 1.807) is 44.9 Å². The van der Waals surface area contributed by atoms with E-state index in [2.05, 4.69) is 14.9 Å². The average molecular weight is 374 g/mol. The van der Waals surface area contributed by atoms with Crippen LogP contribution in [0.4, 0.5) is 5.13 Å². The molecule has 0 atom stereocenters. The molecule has 0 amide bonds. The van der Waals surface area contributed by atoms with Crippen LogP contribution in [0.3, 0.4) is 0 Å². The standard InChI is InChI=1S/C14H19N3O3S3/c1-8(2)21-14-16-15-13(22-14)17-23(18,19)12-7-9(3)11(20-5)6-10(12)4/h6-8H,1-5H3,(H,15,17). The summed E-state index contributed by atoms with van der Waals surface area (Å²) in [5.74, 6) is 0.660. The summed E-state index contributed by atoms with van der Waals surface area (Å²) < 4.78 is 33.6. The average Bonchev–Trinajstić information content (AvgIpc) is 2.86. The van der Waals surface area contributed by atoms with Crippen molar-refractivity contribution in [2.45, 2.75) is 42.2 Å². The number of methoxy groups -OCH3 is 1. The van der Waals surface area contributed by atoms with Gasteiger partial charge in [0.05, 0.1) is 12.0 Å². The highest BCUT2D eigenvalue weighted by molar-refractivity contribution is 8.01. The van der Waals surface area contributed by atoms with Gasteiger partial charge >= 0.3 is 0 Å². The summed E-state index contributed by atoms with van der Waals surface area (Å²) >= 11 is 2.77. The minimum atomic E-state index is -3.71. The second kappa shape index (κ2) is 7.06. The predicted octanol–water partition coefficient (Wildman–Crippen LogP) is 3.46. The van der Waals surface area contributed by atoms with Crippen LogP contribution in [0.25, 0.3) is 0 Å². The van der Waals surface area contributed by atoms with E-state index in [1.807, 2.05) is 13.8 Å². The zero-order valence-electron chi connectivity index (χ0n) is 13.6. The molecular weight excluding hydrogens is 354 g/mol. The molecule has 0 aliphatic heterocycles. The Morgan fingerprint density at radius 3 is 2.52 bits per heavy atom. The quantitative estimate of drug-likeness (QED) is 0.781. The van der Waals surface area contributed by atoms with E-state index in [9.17, 15) is 8.42 Å². The van der Waals surface area contributed by atoms with Gasteiger partial charge in [-0.2, -0.15) is 0 Å². The summed E-state index contributed by atoms with van der Waals surface area (Å²) in [5.41, 5.74) is 1.37. The van der Waals surface area contributed by atoms with Gasteiger partial charge in [0.1, 0.15) is 5.75 Å². The number of sulfonamides is 1. The summed E-state index contributed by atoms with van der Waals surface area (Å²) in [6, 6.07) is 3.31. The number of aromatic nitrogens is 2. The second-order valence-electron chi connectivity index (χ2n) is 5.23. The van der Waals surface area contributed by atoms with Crippen LogP contribution >= 0.6 is 23.1 Å². The largest absolute Gasteiger partial charge is 0.496 e. The third-order valence-corrected chi connectivity index (χ3v) is 6.48. The first-order valence-corrected chi connectivity index (χ1v) is 10.1. The number of rotatable bonds is 6. The lowest BCUT2D eigenvalue weighted by molar-refractivity contribution is 0.411. The second-order valence-corrected chi connectivity index (χ2v) is 9.68. The third kappa shape index (κ3) is 4.36. The predicted molar refractivity (Wildman–Crippen MR) is 94.2 cm³/mol. The summed E-state index contributed by atoms with van der Waals surface area (Å²) in [7, 11) is -2.15. The summed E-state index contributed by atoms with van der Waals surface area (Å²) in [6.07, 6.45) is 0. The zero-order valence-corrected chi connectivity index (χ0v) is 16.0. The van der Waals surface area contributed by atoms with Crippen molar-refractivity contribution in [3.05, 3.63) is 23.3 Å². The highest BCUT2D eigenvalue weighted by Crippen LogP contribution is 2.31. The fraction of sp³-hybridized carbons (Fsp3) is 0.429. The molecule has 0 radical (unpaired) electrons. The van der Waals surface area contributed by atoms with Crippen molar-refractivity contribution >= 4 is 38.3 Å². The maximum Gasteiger partial charge on any atom is 0.263 e. The van der Waals surface area contributed by atoms with Gasteiger partial charge in [0.25, 0.3) is 10.0 Å². The molecule has 1 N–H and O–H groups in total. The van der Waals surface area contributed by atoms with Gasteiger partial charge in [0, 0.05) is 5.25 Å². The maximum atomic E-state index is 12.6. The molecule has 126 valence electrons. The van der Waals surface area contributed by atoms with Gasteiger partial charge in [-0.1, -0.05) is 36.9 Å². The van der Waals surface area contributed by atoms with E-state index in [0.717, 1.165) is 9.90 Å². The monoisotopic (exact) mass is 373 g/mol. The first kappa shape index (κ1) is 18.0. The third-order valence-electron chi connectivity index (χ3n) is 2.95. The Labute approximate surface area is 144 Å². The van der Waals surface area contributed by atoms with Gasteiger partial charge < -0.3 is 4.74 Å². The molecule has 0 aliphatic carbocycles. The van der Waals surface area contributed by atoms with Gasteiger partial charge in [0.2, 0.25) is 5.13 Å². The first-order valence-electron chi connectivity index (χ1n) is 6.91. The molecule has 1 aromatic heterocycles. The summed E-state index contributed by atoms with van der Waals surface area (Å²) in [4.78, 5) is 0.212. The Hall–Kier alpha value is -1.32. The van der Waals surface area contributed by atoms with Gasteiger partial charge in [0.15, 0.2) is 4.34 Å². The molecule has 0 bridgehead atoms. The molecule has 0 spiro atoms. The van der Waals surface area contributed by atoms with Crippen molar-refractivity contribution < 1.29 is 13.2 Å². The molecule has 0 fully saturated rings. The number of thioether (sulfide) groups is 1. The number of hydrogen-bond acceptors (Lipinski definition) is 7. The Bertz CT molecular complexity index is 801. The van der Waals surface area contributed by atoms with E-state index < -0.39 is 10.0 Å². The molecule has 0 unspecified atom stereocenters. The maximum absolute atomic E-state index is 12.6. The lowest BCUT2D eigenvalue weighted by Crippen LogP contribution is -2.14. The molecule has 1 heterocycles. The zero-order chi connectivity index (χ0) is 17.2. The van der Waals surface area contributed by atoms with Gasteiger partial charge in [-0.05, 0) is 37.1 Å². The van der Waals surface area contributed by atoms with Crippen molar-refractivity contribution in [1.29, 1.82) is 0 Å². The fourth-order valence-electron chi connectivity index (χ4n) is 1.94. The first-order chi connectivity index (χ1) is 10.7. The van der Waals surface area contributed by atoms with Crippen LogP contribution in [0, 0.1) is 13.8 Å². The van der Waals surface area contributed by atoms with Crippen molar-refractivity contribution in [2.24, 2.45) is 0 Å². The molecule has 0 aliphatic rings. The normalized spacial score (nSPS) is 11.7. The van der Waals surface area contributed by atoms with Crippen LogP contribution in [0.1, 0.15) is 25.0 Å². The molecule has 0 saturated heterocycles. The number of hydrogen-bond donors (Lipinski definition) is 1. The summed E-state index contributed by atoms with van der Waals surface area (Å²) in [6.45, 7) is 7.62. The number of nitrogens with one attached hydrogen (secondary N) is 1. The van der Waals surface area contributed by atoms with Crippen LogP contribution in [0.5, 0.6) is 5.75 Å². The van der Waals surface area contributed by atoms with E-state index in [-0.39, 0.29) is 10.0 Å². The Morgan fingerprint density at radius 1 is 1.22 bits per heavy atom. The van der Waals surface area contributed by atoms with Gasteiger partial charge in [-0.15, -0.1) is 10.2 Å².